The predicted octanol–water partition coefficient (Wildman–Crippen LogP) is 1.34. The molecule has 0 heterocycles. The second-order valence-corrected chi connectivity index (χ2v) is 6.08. The average Bonchev–Trinajstić information content (AvgIpc) is 2.52. The van der Waals surface area contributed by atoms with Gasteiger partial charge in [0, 0.05) is 0 Å². The van der Waals surface area contributed by atoms with E-state index in [0.29, 0.717) is 6.42 Å². The van der Waals surface area contributed by atoms with Crippen LogP contribution in [0.15, 0.2) is 42.5 Å². The van der Waals surface area contributed by atoms with E-state index in [1.807, 2.05) is 56.3 Å². The van der Waals surface area contributed by atoms with Crippen molar-refractivity contribution >= 4 is 22.6 Å². The molecule has 0 aliphatic rings. The first-order chi connectivity index (χ1) is 10.9. The molecule has 1 unspecified atom stereocenters. The summed E-state index contributed by atoms with van der Waals surface area (Å²) < 4.78 is 0. The number of benzene rings is 2. The molecule has 0 bridgehead atoms. The monoisotopic (exact) mass is 313 g/mol. The molecule has 0 spiro atoms. The highest BCUT2D eigenvalue weighted by Crippen LogP contribution is 2.19. The molecule has 0 aromatic heterocycles. The third-order valence-electron chi connectivity index (χ3n) is 3.93. The van der Waals surface area contributed by atoms with Crippen molar-refractivity contribution in [2.45, 2.75) is 32.4 Å². The highest BCUT2D eigenvalue weighted by molar-refractivity contribution is 5.90. The van der Waals surface area contributed by atoms with Crippen LogP contribution in [-0.2, 0) is 16.0 Å². The summed E-state index contributed by atoms with van der Waals surface area (Å²) in [6, 6.07) is 12.4. The molecular weight excluding hydrogens is 290 g/mol. The Kier molecular flexibility index (Phi) is 5.34. The lowest BCUT2D eigenvalue weighted by atomic mass is 9.98. The fourth-order valence-electron chi connectivity index (χ4n) is 2.63. The van der Waals surface area contributed by atoms with E-state index in [1.165, 1.54) is 0 Å². The van der Waals surface area contributed by atoms with Gasteiger partial charge in [-0.2, -0.15) is 0 Å². The van der Waals surface area contributed by atoms with E-state index in [4.69, 9.17) is 11.5 Å². The Balaban J connectivity index is 2.13. The Morgan fingerprint density at radius 3 is 2.39 bits per heavy atom. The zero-order valence-corrected chi connectivity index (χ0v) is 13.5. The van der Waals surface area contributed by atoms with E-state index in [0.717, 1.165) is 16.3 Å². The average molecular weight is 313 g/mol. The minimum absolute atomic E-state index is 0.0822. The van der Waals surface area contributed by atoms with Gasteiger partial charge in [0.2, 0.25) is 11.8 Å². The number of hydrogen-bond donors (Lipinski definition) is 3. The molecule has 0 aliphatic heterocycles. The van der Waals surface area contributed by atoms with Gasteiger partial charge in [0.25, 0.3) is 0 Å². The Labute approximate surface area is 136 Å². The van der Waals surface area contributed by atoms with Gasteiger partial charge in [0.1, 0.15) is 6.04 Å². The fraction of sp³-hybridized carbons (Fsp3) is 0.333. The SMILES string of the molecule is CC(C)[C@@H](NC(=O)C(N)Cc1cccc2ccccc12)C(N)=O. The first-order valence-corrected chi connectivity index (χ1v) is 7.72. The predicted molar refractivity (Wildman–Crippen MR) is 91.6 cm³/mol. The lowest BCUT2D eigenvalue weighted by Crippen LogP contribution is -2.53. The molecule has 2 rings (SSSR count). The Bertz CT molecular complexity index is 707. The van der Waals surface area contributed by atoms with Crippen molar-refractivity contribution in [2.24, 2.45) is 17.4 Å². The van der Waals surface area contributed by atoms with Gasteiger partial charge >= 0.3 is 0 Å². The summed E-state index contributed by atoms with van der Waals surface area (Å²) >= 11 is 0. The Morgan fingerprint density at radius 1 is 1.09 bits per heavy atom. The van der Waals surface area contributed by atoms with E-state index in [2.05, 4.69) is 5.32 Å². The summed E-state index contributed by atoms with van der Waals surface area (Å²) in [4.78, 5) is 23.7. The van der Waals surface area contributed by atoms with Crippen molar-refractivity contribution in [3.8, 4) is 0 Å². The molecule has 2 amide bonds. The molecule has 0 saturated heterocycles. The van der Waals surface area contributed by atoms with E-state index in [-0.39, 0.29) is 11.8 Å². The second-order valence-electron chi connectivity index (χ2n) is 6.08. The third kappa shape index (κ3) is 4.07. The molecule has 5 N–H and O–H groups in total. The van der Waals surface area contributed by atoms with E-state index < -0.39 is 18.0 Å². The van der Waals surface area contributed by atoms with Crippen molar-refractivity contribution in [3.63, 3.8) is 0 Å². The van der Waals surface area contributed by atoms with Crippen LogP contribution in [0.1, 0.15) is 19.4 Å². The van der Waals surface area contributed by atoms with Crippen LogP contribution in [0.3, 0.4) is 0 Å². The molecule has 2 aromatic carbocycles. The molecule has 5 nitrogen and oxygen atoms in total. The number of amides is 2. The summed E-state index contributed by atoms with van der Waals surface area (Å²) in [5, 5.41) is 4.83. The molecule has 0 saturated carbocycles. The van der Waals surface area contributed by atoms with Gasteiger partial charge in [-0.3, -0.25) is 9.59 Å². The van der Waals surface area contributed by atoms with Crippen LogP contribution in [0.5, 0.6) is 0 Å². The fourth-order valence-corrected chi connectivity index (χ4v) is 2.63. The van der Waals surface area contributed by atoms with Crippen LogP contribution in [0.4, 0.5) is 0 Å². The molecule has 5 heteroatoms. The lowest BCUT2D eigenvalue weighted by molar-refractivity contribution is -0.129. The lowest BCUT2D eigenvalue weighted by Gasteiger charge is -2.21. The summed E-state index contributed by atoms with van der Waals surface area (Å²) in [7, 11) is 0. The van der Waals surface area contributed by atoms with Crippen molar-refractivity contribution < 1.29 is 9.59 Å². The zero-order valence-electron chi connectivity index (χ0n) is 13.5. The van der Waals surface area contributed by atoms with Crippen molar-refractivity contribution in [3.05, 3.63) is 48.0 Å². The van der Waals surface area contributed by atoms with Gasteiger partial charge < -0.3 is 16.8 Å². The molecule has 2 aromatic rings. The number of hydrogen-bond acceptors (Lipinski definition) is 3. The number of fused-ring (bicyclic) bond motifs is 1. The summed E-state index contributed by atoms with van der Waals surface area (Å²) in [6.45, 7) is 3.65. The smallest absolute Gasteiger partial charge is 0.240 e. The molecule has 2 atom stereocenters. The first kappa shape index (κ1) is 17.0. The van der Waals surface area contributed by atoms with Crippen LogP contribution < -0.4 is 16.8 Å². The van der Waals surface area contributed by atoms with Gasteiger partial charge in [0.15, 0.2) is 0 Å². The molecule has 23 heavy (non-hydrogen) atoms. The minimum atomic E-state index is -0.735. The molecular formula is C18H23N3O2. The quantitative estimate of drug-likeness (QED) is 0.750. The van der Waals surface area contributed by atoms with Crippen LogP contribution in [-0.4, -0.2) is 23.9 Å². The Hall–Kier alpha value is -2.40. The minimum Gasteiger partial charge on any atom is -0.368 e. The van der Waals surface area contributed by atoms with Gasteiger partial charge in [-0.05, 0) is 28.7 Å². The summed E-state index contributed by atoms with van der Waals surface area (Å²) in [5.74, 6) is -0.998. The number of primary amides is 1. The number of nitrogens with two attached hydrogens (primary N) is 2. The largest absolute Gasteiger partial charge is 0.368 e. The van der Waals surface area contributed by atoms with Gasteiger partial charge in [-0.15, -0.1) is 0 Å². The third-order valence-corrected chi connectivity index (χ3v) is 3.93. The van der Waals surface area contributed by atoms with E-state index in [1.54, 1.807) is 0 Å². The summed E-state index contributed by atoms with van der Waals surface area (Å²) in [5.41, 5.74) is 12.3. The standard InChI is InChI=1S/C18H23N3O2/c1-11(2)16(17(20)22)21-18(23)15(19)10-13-8-5-7-12-6-3-4-9-14(12)13/h3-9,11,15-16H,10,19H2,1-2H3,(H2,20,22)(H,21,23)/t15?,16-/m1/s1. The van der Waals surface area contributed by atoms with Crippen LogP contribution in [0.2, 0.25) is 0 Å². The normalized spacial score (nSPS) is 13.7. The second kappa shape index (κ2) is 7.24. The maximum absolute atomic E-state index is 12.3. The molecule has 0 radical (unpaired) electrons. The zero-order chi connectivity index (χ0) is 17.0. The van der Waals surface area contributed by atoms with Crippen molar-refractivity contribution in [1.82, 2.24) is 5.32 Å². The molecule has 0 aliphatic carbocycles. The highest BCUT2D eigenvalue weighted by atomic mass is 16.2. The highest BCUT2D eigenvalue weighted by Gasteiger charge is 2.24. The van der Waals surface area contributed by atoms with Gasteiger partial charge in [0.05, 0.1) is 6.04 Å². The van der Waals surface area contributed by atoms with E-state index in [9.17, 15) is 9.59 Å². The number of rotatable bonds is 6. The number of carbonyl (C=O) groups excluding carboxylic acids is 2. The Morgan fingerprint density at radius 2 is 1.74 bits per heavy atom. The molecule has 0 fully saturated rings. The molecule has 122 valence electrons. The number of carbonyl (C=O) groups is 2. The van der Waals surface area contributed by atoms with Crippen molar-refractivity contribution in [1.29, 1.82) is 0 Å². The first-order valence-electron chi connectivity index (χ1n) is 7.72. The van der Waals surface area contributed by atoms with Crippen LogP contribution in [0, 0.1) is 5.92 Å². The van der Waals surface area contributed by atoms with Crippen molar-refractivity contribution in [2.75, 3.05) is 0 Å². The summed E-state index contributed by atoms with van der Waals surface area (Å²) in [6.07, 6.45) is 0.400. The number of nitrogens with one attached hydrogen (secondary N) is 1. The van der Waals surface area contributed by atoms with Crippen LogP contribution in [0.25, 0.3) is 10.8 Å². The van der Waals surface area contributed by atoms with E-state index >= 15 is 0 Å². The maximum atomic E-state index is 12.3. The maximum Gasteiger partial charge on any atom is 0.240 e. The van der Waals surface area contributed by atoms with Gasteiger partial charge in [-0.25, -0.2) is 0 Å². The van der Waals surface area contributed by atoms with Crippen LogP contribution >= 0.6 is 0 Å². The van der Waals surface area contributed by atoms with Gasteiger partial charge in [-0.1, -0.05) is 56.3 Å². The topological polar surface area (TPSA) is 98.2 Å².